The molecule has 3 nitrogen and oxygen atoms in total. The molecule has 3 rings (SSSR count). The highest BCUT2D eigenvalue weighted by Crippen LogP contribution is 2.36. The summed E-state index contributed by atoms with van der Waals surface area (Å²) >= 11 is 3.61. The van der Waals surface area contributed by atoms with E-state index in [0.29, 0.717) is 6.54 Å². The van der Waals surface area contributed by atoms with Crippen molar-refractivity contribution < 1.29 is 0 Å². The van der Waals surface area contributed by atoms with Gasteiger partial charge in [0.15, 0.2) is 0 Å². The first-order valence-corrected chi connectivity index (χ1v) is 9.30. The van der Waals surface area contributed by atoms with Crippen molar-refractivity contribution in [3.63, 3.8) is 0 Å². The molecule has 3 N–H and O–H groups in total. The van der Waals surface area contributed by atoms with Crippen LogP contribution < -0.4 is 11.1 Å². The van der Waals surface area contributed by atoms with E-state index in [4.69, 9.17) is 10.7 Å². The summed E-state index contributed by atoms with van der Waals surface area (Å²) < 4.78 is 1.26. The largest absolute Gasteiger partial charge is 0.379 e. The lowest BCUT2D eigenvalue weighted by molar-refractivity contribution is 0.980. The fraction of sp³-hybridized carbons (Fsp3) is 0.353. The number of thiophene rings is 2. The molecule has 3 heterocycles. The third kappa shape index (κ3) is 3.02. The molecule has 0 aromatic carbocycles. The summed E-state index contributed by atoms with van der Waals surface area (Å²) in [6.45, 7) is 5.87. The van der Waals surface area contributed by atoms with Gasteiger partial charge in [-0.2, -0.15) is 0 Å². The second kappa shape index (κ2) is 6.77. The first-order valence-electron chi connectivity index (χ1n) is 7.61. The number of aryl methyl sites for hydroxylation is 2. The van der Waals surface area contributed by atoms with Crippen molar-refractivity contribution in [1.82, 2.24) is 4.98 Å². The molecule has 0 aliphatic rings. The van der Waals surface area contributed by atoms with Gasteiger partial charge in [0.1, 0.15) is 0 Å². The fourth-order valence-electron chi connectivity index (χ4n) is 2.55. The minimum Gasteiger partial charge on any atom is -0.379 e. The topological polar surface area (TPSA) is 50.9 Å². The number of pyridine rings is 1. The van der Waals surface area contributed by atoms with Gasteiger partial charge in [0.2, 0.25) is 0 Å². The Balaban J connectivity index is 2.00. The molecule has 116 valence electrons. The Labute approximate surface area is 139 Å². The average molecular weight is 332 g/mol. The number of nitrogens with two attached hydrogens (primary N) is 1. The van der Waals surface area contributed by atoms with Crippen LogP contribution in [0.5, 0.6) is 0 Å². The van der Waals surface area contributed by atoms with E-state index in [1.165, 1.54) is 25.7 Å². The van der Waals surface area contributed by atoms with Gasteiger partial charge in [-0.3, -0.25) is 4.98 Å². The molecular weight excluding hydrogens is 310 g/mol. The number of fused-ring (bicyclic) bond motifs is 1. The Kier molecular flexibility index (Phi) is 4.76. The second-order valence-electron chi connectivity index (χ2n) is 5.31. The van der Waals surface area contributed by atoms with E-state index in [-0.39, 0.29) is 0 Å². The highest BCUT2D eigenvalue weighted by Gasteiger charge is 2.14. The van der Waals surface area contributed by atoms with Crippen molar-refractivity contribution in [2.45, 2.75) is 33.2 Å². The zero-order valence-electron chi connectivity index (χ0n) is 13.0. The maximum Gasteiger partial charge on any atom is 0.0866 e. The van der Waals surface area contributed by atoms with Crippen molar-refractivity contribution in [2.75, 3.05) is 11.9 Å². The monoisotopic (exact) mass is 331 g/mol. The maximum absolute atomic E-state index is 5.74. The van der Waals surface area contributed by atoms with Crippen molar-refractivity contribution in [1.29, 1.82) is 0 Å². The van der Waals surface area contributed by atoms with E-state index in [9.17, 15) is 0 Å². The molecule has 0 saturated carbocycles. The van der Waals surface area contributed by atoms with Gasteiger partial charge in [-0.25, -0.2) is 0 Å². The molecule has 0 fully saturated rings. The highest BCUT2D eigenvalue weighted by atomic mass is 32.1. The number of hydrogen-bond donors (Lipinski definition) is 2. The first kappa shape index (κ1) is 15.5. The number of nitrogens with one attached hydrogen (secondary N) is 1. The summed E-state index contributed by atoms with van der Waals surface area (Å²) in [6, 6.07) is 6.45. The Bertz CT molecular complexity index is 760. The minimum absolute atomic E-state index is 0.687. The van der Waals surface area contributed by atoms with Crippen LogP contribution in [0.15, 0.2) is 23.6 Å². The lowest BCUT2D eigenvalue weighted by Gasteiger charge is -2.08. The Morgan fingerprint density at radius 3 is 2.91 bits per heavy atom. The number of anilines is 1. The van der Waals surface area contributed by atoms with Crippen LogP contribution in [0.25, 0.3) is 10.2 Å². The molecule has 3 aromatic rings. The lowest BCUT2D eigenvalue weighted by Crippen LogP contribution is -2.02. The second-order valence-corrected chi connectivity index (χ2v) is 7.45. The van der Waals surface area contributed by atoms with E-state index >= 15 is 0 Å². The summed E-state index contributed by atoms with van der Waals surface area (Å²) in [5.74, 6) is 0. The van der Waals surface area contributed by atoms with E-state index in [0.717, 1.165) is 30.6 Å². The fourth-order valence-corrected chi connectivity index (χ4v) is 4.45. The number of nitrogens with zero attached hydrogens (tertiary/aromatic N) is 1. The molecule has 0 atom stereocenters. The van der Waals surface area contributed by atoms with Gasteiger partial charge >= 0.3 is 0 Å². The third-order valence-corrected chi connectivity index (χ3v) is 6.04. The SMILES string of the molecule is CCc1cc(NCc2cccs2)c2sc(CCN)c(C)c2n1. The van der Waals surface area contributed by atoms with Crippen LogP contribution in [0.3, 0.4) is 0 Å². The van der Waals surface area contributed by atoms with Gasteiger partial charge in [0.05, 0.1) is 15.9 Å². The molecule has 0 amide bonds. The van der Waals surface area contributed by atoms with Crippen LogP contribution >= 0.6 is 22.7 Å². The van der Waals surface area contributed by atoms with Gasteiger partial charge in [-0.15, -0.1) is 22.7 Å². The predicted molar refractivity (Wildman–Crippen MR) is 98.1 cm³/mol. The normalized spacial score (nSPS) is 11.2. The van der Waals surface area contributed by atoms with E-state index in [2.05, 4.69) is 42.7 Å². The van der Waals surface area contributed by atoms with Crippen LogP contribution in [0.2, 0.25) is 0 Å². The van der Waals surface area contributed by atoms with Crippen LogP contribution in [-0.2, 0) is 19.4 Å². The third-order valence-electron chi connectivity index (χ3n) is 3.79. The van der Waals surface area contributed by atoms with Crippen molar-refractivity contribution in [3.05, 3.63) is 44.6 Å². The molecule has 0 spiro atoms. The number of hydrogen-bond acceptors (Lipinski definition) is 5. The smallest absolute Gasteiger partial charge is 0.0866 e. The molecule has 3 aromatic heterocycles. The van der Waals surface area contributed by atoms with Crippen LogP contribution in [0.4, 0.5) is 5.69 Å². The van der Waals surface area contributed by atoms with Crippen molar-refractivity contribution in [2.24, 2.45) is 5.73 Å². The van der Waals surface area contributed by atoms with Gasteiger partial charge in [0, 0.05) is 22.0 Å². The molecule has 0 aliphatic carbocycles. The zero-order chi connectivity index (χ0) is 15.5. The first-order chi connectivity index (χ1) is 10.7. The Morgan fingerprint density at radius 1 is 1.36 bits per heavy atom. The summed E-state index contributed by atoms with van der Waals surface area (Å²) in [4.78, 5) is 7.54. The molecule has 5 heteroatoms. The Hall–Kier alpha value is -1.43. The van der Waals surface area contributed by atoms with Crippen LogP contribution in [0.1, 0.15) is 27.9 Å². The molecule has 0 saturated heterocycles. The van der Waals surface area contributed by atoms with E-state index < -0.39 is 0 Å². The standard InChI is InChI=1S/C17H21N3S2/c1-3-12-9-14(19-10-13-5-4-8-21-13)17-16(20-12)11(2)15(22-17)6-7-18/h4-5,8-9H,3,6-7,10,18H2,1-2H3,(H,19,20). The molecule has 22 heavy (non-hydrogen) atoms. The maximum atomic E-state index is 5.74. The molecule has 0 aliphatic heterocycles. The summed E-state index contributed by atoms with van der Waals surface area (Å²) in [5, 5.41) is 5.71. The van der Waals surface area contributed by atoms with Gasteiger partial charge < -0.3 is 11.1 Å². The molecule has 0 radical (unpaired) electrons. The predicted octanol–water partition coefficient (Wildman–Crippen LogP) is 4.34. The Morgan fingerprint density at radius 2 is 2.23 bits per heavy atom. The number of aromatic nitrogens is 1. The van der Waals surface area contributed by atoms with E-state index in [1.54, 1.807) is 11.3 Å². The quantitative estimate of drug-likeness (QED) is 0.706. The zero-order valence-corrected chi connectivity index (χ0v) is 14.6. The molecular formula is C17H21N3S2. The molecule has 0 unspecified atom stereocenters. The van der Waals surface area contributed by atoms with Gasteiger partial charge in [-0.1, -0.05) is 13.0 Å². The van der Waals surface area contributed by atoms with Crippen molar-refractivity contribution >= 4 is 38.6 Å². The summed E-state index contributed by atoms with van der Waals surface area (Å²) in [5.41, 5.74) is 10.5. The lowest BCUT2D eigenvalue weighted by atomic mass is 10.1. The van der Waals surface area contributed by atoms with Gasteiger partial charge in [-0.05, 0) is 49.4 Å². The number of rotatable bonds is 6. The summed E-state index contributed by atoms with van der Waals surface area (Å²) in [6.07, 6.45) is 1.88. The van der Waals surface area contributed by atoms with Gasteiger partial charge in [0.25, 0.3) is 0 Å². The molecule has 0 bridgehead atoms. The van der Waals surface area contributed by atoms with Crippen LogP contribution in [-0.4, -0.2) is 11.5 Å². The summed E-state index contributed by atoms with van der Waals surface area (Å²) in [7, 11) is 0. The average Bonchev–Trinajstić information content (AvgIpc) is 3.15. The minimum atomic E-state index is 0.687. The van der Waals surface area contributed by atoms with Crippen molar-refractivity contribution in [3.8, 4) is 0 Å². The highest BCUT2D eigenvalue weighted by molar-refractivity contribution is 7.19. The van der Waals surface area contributed by atoms with Crippen LogP contribution in [0, 0.1) is 6.92 Å². The van der Waals surface area contributed by atoms with E-state index in [1.807, 2.05) is 11.3 Å².